The summed E-state index contributed by atoms with van der Waals surface area (Å²) in [5, 5.41) is 2.96. The quantitative estimate of drug-likeness (QED) is 0.890. The lowest BCUT2D eigenvalue weighted by Gasteiger charge is -2.32. The highest BCUT2D eigenvalue weighted by molar-refractivity contribution is 5.68. The molecule has 0 saturated carbocycles. The van der Waals surface area contributed by atoms with E-state index in [1.807, 2.05) is 32.9 Å². The number of carbonyl (C=O) groups excluding carboxylic acids is 1. The largest absolute Gasteiger partial charge is 0.444 e. The lowest BCUT2D eigenvalue weighted by molar-refractivity contribution is 0.0479. The Bertz CT molecular complexity index is 517. The number of carbonyl (C=O) groups is 1. The average molecular weight is 336 g/mol. The van der Waals surface area contributed by atoms with E-state index >= 15 is 0 Å². The topological polar surface area (TPSA) is 41.6 Å². The number of aryl methyl sites for hydroxylation is 1. The molecule has 0 aliphatic carbocycles. The molecule has 0 atom stereocenters. The van der Waals surface area contributed by atoms with E-state index in [2.05, 4.69) is 10.2 Å². The van der Waals surface area contributed by atoms with Gasteiger partial charge in [0.15, 0.2) is 0 Å². The molecule has 1 fully saturated rings. The smallest absolute Gasteiger partial charge is 0.407 e. The van der Waals surface area contributed by atoms with Gasteiger partial charge in [0.2, 0.25) is 0 Å². The second kappa shape index (κ2) is 8.47. The van der Waals surface area contributed by atoms with E-state index < -0.39 is 5.60 Å². The Labute approximate surface area is 144 Å². The molecule has 1 aromatic rings. The maximum atomic E-state index is 12.9. The van der Waals surface area contributed by atoms with E-state index in [1.54, 1.807) is 0 Å². The van der Waals surface area contributed by atoms with Gasteiger partial charge in [-0.15, -0.1) is 0 Å². The van der Waals surface area contributed by atoms with Crippen molar-refractivity contribution < 1.29 is 13.9 Å². The third kappa shape index (κ3) is 6.87. The molecule has 24 heavy (non-hydrogen) atoms. The maximum Gasteiger partial charge on any atom is 0.407 e. The fourth-order valence-corrected chi connectivity index (χ4v) is 2.93. The maximum absolute atomic E-state index is 12.9. The number of halogens is 1. The Balaban J connectivity index is 1.62. The number of hydrogen-bond donors (Lipinski definition) is 1. The van der Waals surface area contributed by atoms with Crippen LogP contribution in [0.25, 0.3) is 0 Å². The van der Waals surface area contributed by atoms with Crippen molar-refractivity contribution in [1.82, 2.24) is 10.2 Å². The summed E-state index contributed by atoms with van der Waals surface area (Å²) < 4.78 is 18.2. The molecule has 0 bridgehead atoms. The molecule has 0 unspecified atom stereocenters. The van der Waals surface area contributed by atoms with E-state index in [0.29, 0.717) is 0 Å². The van der Waals surface area contributed by atoms with E-state index in [1.165, 1.54) is 17.7 Å². The number of likely N-dealkylation sites (tertiary alicyclic amines) is 1. The van der Waals surface area contributed by atoms with Gasteiger partial charge >= 0.3 is 6.09 Å². The van der Waals surface area contributed by atoms with Crippen molar-refractivity contribution in [3.8, 4) is 0 Å². The zero-order valence-electron chi connectivity index (χ0n) is 15.0. The second-order valence-electron chi connectivity index (χ2n) is 7.49. The molecule has 134 valence electrons. The molecule has 0 spiro atoms. The van der Waals surface area contributed by atoms with E-state index in [9.17, 15) is 9.18 Å². The molecule has 1 aliphatic heterocycles. The first kappa shape index (κ1) is 18.7. The fraction of sp³-hybridized carbons (Fsp3) is 0.632. The number of ether oxygens (including phenoxy) is 1. The van der Waals surface area contributed by atoms with Crippen LogP contribution in [-0.4, -0.2) is 42.3 Å². The van der Waals surface area contributed by atoms with Crippen molar-refractivity contribution in [3.05, 3.63) is 35.6 Å². The van der Waals surface area contributed by atoms with Gasteiger partial charge in [-0.1, -0.05) is 12.1 Å². The van der Waals surface area contributed by atoms with Gasteiger partial charge in [0.25, 0.3) is 0 Å². The summed E-state index contributed by atoms with van der Waals surface area (Å²) in [5.74, 6) is -0.182. The van der Waals surface area contributed by atoms with Crippen LogP contribution in [0.5, 0.6) is 0 Å². The van der Waals surface area contributed by atoms with Gasteiger partial charge in [0.1, 0.15) is 11.4 Å². The molecule has 1 amide bonds. The first-order chi connectivity index (χ1) is 11.3. The third-order valence-corrected chi connectivity index (χ3v) is 4.16. The molecular formula is C19H29FN2O2. The van der Waals surface area contributed by atoms with E-state index in [-0.39, 0.29) is 18.0 Å². The normalized spacial score (nSPS) is 16.8. The predicted molar refractivity (Wildman–Crippen MR) is 93.6 cm³/mol. The number of rotatable bonds is 5. The molecule has 0 aromatic heterocycles. The standard InChI is InChI=1S/C19H29FN2O2/c1-19(2,3)24-18(23)21-17-10-13-22(14-11-17)12-4-5-15-6-8-16(20)9-7-15/h6-9,17H,4-5,10-14H2,1-3H3,(H,21,23). The number of amides is 1. The molecule has 1 heterocycles. The molecule has 5 heteroatoms. The van der Waals surface area contributed by atoms with Gasteiger partial charge in [0.05, 0.1) is 0 Å². The summed E-state index contributed by atoms with van der Waals surface area (Å²) in [4.78, 5) is 14.2. The molecular weight excluding hydrogens is 307 g/mol. The van der Waals surface area contributed by atoms with Crippen molar-refractivity contribution >= 4 is 6.09 Å². The lowest BCUT2D eigenvalue weighted by atomic mass is 10.0. The minimum Gasteiger partial charge on any atom is -0.444 e. The number of piperidine rings is 1. The second-order valence-corrected chi connectivity index (χ2v) is 7.49. The molecule has 0 radical (unpaired) electrons. The van der Waals surface area contributed by atoms with Gasteiger partial charge in [-0.3, -0.25) is 0 Å². The van der Waals surface area contributed by atoms with Gasteiger partial charge in [-0.25, -0.2) is 9.18 Å². The first-order valence-corrected chi connectivity index (χ1v) is 8.78. The monoisotopic (exact) mass is 336 g/mol. The average Bonchev–Trinajstić information content (AvgIpc) is 2.49. The summed E-state index contributed by atoms with van der Waals surface area (Å²) in [5.41, 5.74) is 0.725. The summed E-state index contributed by atoms with van der Waals surface area (Å²) in [6.07, 6.45) is 3.62. The highest BCUT2D eigenvalue weighted by Gasteiger charge is 2.23. The van der Waals surface area contributed by atoms with Gasteiger partial charge in [-0.05, 0) is 70.7 Å². The predicted octanol–water partition coefficient (Wildman–Crippen LogP) is 3.75. The molecule has 4 nitrogen and oxygen atoms in total. The van der Waals surface area contributed by atoms with Crippen LogP contribution in [0.15, 0.2) is 24.3 Å². The number of alkyl carbamates (subject to hydrolysis) is 1. The van der Waals surface area contributed by atoms with Gasteiger partial charge < -0.3 is 15.0 Å². The van der Waals surface area contributed by atoms with Crippen LogP contribution in [0, 0.1) is 5.82 Å². The SMILES string of the molecule is CC(C)(C)OC(=O)NC1CCN(CCCc2ccc(F)cc2)CC1. The number of benzene rings is 1. The van der Waals surface area contributed by atoms with Crippen molar-refractivity contribution in [1.29, 1.82) is 0 Å². The van der Waals surface area contributed by atoms with Gasteiger partial charge in [0, 0.05) is 19.1 Å². The molecule has 1 N–H and O–H groups in total. The fourth-order valence-electron chi connectivity index (χ4n) is 2.93. The number of nitrogens with zero attached hydrogens (tertiary/aromatic N) is 1. The molecule has 1 aromatic carbocycles. The highest BCUT2D eigenvalue weighted by atomic mass is 19.1. The summed E-state index contributed by atoms with van der Waals surface area (Å²) in [6.45, 7) is 8.63. The Kier molecular flexibility index (Phi) is 6.60. The van der Waals surface area contributed by atoms with Crippen LogP contribution in [0.3, 0.4) is 0 Å². The first-order valence-electron chi connectivity index (χ1n) is 8.78. The van der Waals surface area contributed by atoms with Crippen LogP contribution in [0.4, 0.5) is 9.18 Å². The van der Waals surface area contributed by atoms with Gasteiger partial charge in [-0.2, -0.15) is 0 Å². The van der Waals surface area contributed by atoms with Crippen LogP contribution < -0.4 is 5.32 Å². The van der Waals surface area contributed by atoms with Crippen molar-refractivity contribution in [2.75, 3.05) is 19.6 Å². The highest BCUT2D eigenvalue weighted by Crippen LogP contribution is 2.14. The Morgan fingerprint density at radius 2 is 1.88 bits per heavy atom. The Hall–Kier alpha value is -1.62. The summed E-state index contributed by atoms with van der Waals surface area (Å²) in [7, 11) is 0. The Morgan fingerprint density at radius 1 is 1.25 bits per heavy atom. The van der Waals surface area contributed by atoms with E-state index in [4.69, 9.17) is 4.74 Å². The van der Waals surface area contributed by atoms with Crippen LogP contribution >= 0.6 is 0 Å². The number of hydrogen-bond acceptors (Lipinski definition) is 3. The lowest BCUT2D eigenvalue weighted by Crippen LogP contribution is -2.46. The minimum absolute atomic E-state index is 0.182. The number of nitrogens with one attached hydrogen (secondary N) is 1. The Morgan fingerprint density at radius 3 is 2.46 bits per heavy atom. The van der Waals surface area contributed by atoms with Crippen molar-refractivity contribution in [2.45, 2.75) is 58.1 Å². The molecule has 1 saturated heterocycles. The van der Waals surface area contributed by atoms with Crippen molar-refractivity contribution in [3.63, 3.8) is 0 Å². The van der Waals surface area contributed by atoms with Crippen molar-refractivity contribution in [2.24, 2.45) is 0 Å². The third-order valence-electron chi connectivity index (χ3n) is 4.16. The van der Waals surface area contributed by atoms with Crippen LogP contribution in [0.1, 0.15) is 45.6 Å². The van der Waals surface area contributed by atoms with Crippen LogP contribution in [-0.2, 0) is 11.2 Å². The zero-order chi connectivity index (χ0) is 17.6. The summed E-state index contributed by atoms with van der Waals surface area (Å²) in [6, 6.07) is 6.94. The molecule has 1 aliphatic rings. The van der Waals surface area contributed by atoms with E-state index in [0.717, 1.165) is 45.3 Å². The zero-order valence-corrected chi connectivity index (χ0v) is 15.0. The summed E-state index contributed by atoms with van der Waals surface area (Å²) >= 11 is 0. The molecule has 2 rings (SSSR count). The minimum atomic E-state index is -0.453. The van der Waals surface area contributed by atoms with Crippen LogP contribution in [0.2, 0.25) is 0 Å².